The van der Waals surface area contributed by atoms with E-state index in [0.29, 0.717) is 0 Å². The lowest BCUT2D eigenvalue weighted by Gasteiger charge is -2.05. The Morgan fingerprint density at radius 1 is 1.50 bits per heavy atom. The van der Waals surface area contributed by atoms with Crippen LogP contribution in [0.25, 0.3) is 0 Å². The van der Waals surface area contributed by atoms with Gasteiger partial charge in [0.2, 0.25) is 10.0 Å². The Kier molecular flexibility index (Phi) is 3.10. The fourth-order valence-corrected chi connectivity index (χ4v) is 2.02. The predicted molar refractivity (Wildman–Crippen MR) is 48.7 cm³/mol. The molecule has 14 heavy (non-hydrogen) atoms. The number of rotatable bonds is 2. The number of nitrogens with two attached hydrogens (primary N) is 1. The van der Waals surface area contributed by atoms with Crippen LogP contribution in [-0.2, 0) is 16.6 Å². The molecular weight excluding hydrogens is 233 g/mol. The highest BCUT2D eigenvalue weighted by atomic mass is 35.5. The molecule has 0 aliphatic carbocycles. The molecule has 0 atom stereocenters. The Morgan fingerprint density at radius 3 is 2.50 bits per heavy atom. The molecule has 0 fully saturated rings. The van der Waals surface area contributed by atoms with Crippen molar-refractivity contribution in [1.29, 1.82) is 0 Å². The number of primary sulfonamides is 1. The van der Waals surface area contributed by atoms with Crippen molar-refractivity contribution < 1.29 is 17.9 Å². The van der Waals surface area contributed by atoms with Gasteiger partial charge in [0, 0.05) is 5.56 Å². The van der Waals surface area contributed by atoms with Crippen LogP contribution in [0.1, 0.15) is 5.56 Å². The first kappa shape index (κ1) is 11.4. The summed E-state index contributed by atoms with van der Waals surface area (Å²) in [5, 5.41) is 13.2. The third-order valence-electron chi connectivity index (χ3n) is 1.58. The quantitative estimate of drug-likeness (QED) is 0.794. The second kappa shape index (κ2) is 3.82. The van der Waals surface area contributed by atoms with Crippen LogP contribution < -0.4 is 5.14 Å². The second-order valence-electron chi connectivity index (χ2n) is 2.58. The van der Waals surface area contributed by atoms with Gasteiger partial charge in [-0.2, -0.15) is 0 Å². The van der Waals surface area contributed by atoms with Gasteiger partial charge < -0.3 is 5.11 Å². The summed E-state index contributed by atoms with van der Waals surface area (Å²) in [5.74, 6) is -0.773. The molecule has 0 spiro atoms. The van der Waals surface area contributed by atoms with Crippen molar-refractivity contribution in [1.82, 2.24) is 0 Å². The SMILES string of the molecule is NS(=O)(=O)c1cc(CO)c(F)cc1Cl. The van der Waals surface area contributed by atoms with Crippen LogP contribution in [0.2, 0.25) is 5.02 Å². The molecule has 0 unspecified atom stereocenters. The van der Waals surface area contributed by atoms with E-state index in [1.807, 2.05) is 0 Å². The van der Waals surface area contributed by atoms with E-state index in [4.69, 9.17) is 21.8 Å². The first-order chi connectivity index (χ1) is 6.36. The first-order valence-corrected chi connectivity index (χ1v) is 5.40. The lowest BCUT2D eigenvalue weighted by Crippen LogP contribution is -2.13. The minimum Gasteiger partial charge on any atom is -0.392 e. The van der Waals surface area contributed by atoms with Crippen molar-refractivity contribution in [2.75, 3.05) is 0 Å². The van der Waals surface area contributed by atoms with E-state index in [-0.39, 0.29) is 10.6 Å². The summed E-state index contributed by atoms with van der Waals surface area (Å²) in [5.41, 5.74) is -0.168. The molecule has 0 saturated heterocycles. The lowest BCUT2D eigenvalue weighted by molar-refractivity contribution is 0.275. The average molecular weight is 240 g/mol. The molecule has 0 aliphatic heterocycles. The van der Waals surface area contributed by atoms with E-state index in [0.717, 1.165) is 12.1 Å². The van der Waals surface area contributed by atoms with Crippen LogP contribution in [0.5, 0.6) is 0 Å². The van der Waals surface area contributed by atoms with E-state index in [1.165, 1.54) is 0 Å². The monoisotopic (exact) mass is 239 g/mol. The molecule has 0 amide bonds. The van der Waals surface area contributed by atoms with Crippen LogP contribution in [-0.4, -0.2) is 13.5 Å². The number of sulfonamides is 1. The van der Waals surface area contributed by atoms with Gasteiger partial charge in [0.05, 0.1) is 11.6 Å². The third kappa shape index (κ3) is 2.21. The van der Waals surface area contributed by atoms with Crippen molar-refractivity contribution in [3.8, 4) is 0 Å². The predicted octanol–water partition coefficient (Wildman–Crippen LogP) is 0.619. The Labute approximate surface area is 85.2 Å². The van der Waals surface area contributed by atoms with Gasteiger partial charge in [-0.05, 0) is 12.1 Å². The largest absolute Gasteiger partial charge is 0.392 e. The van der Waals surface area contributed by atoms with Crippen molar-refractivity contribution >= 4 is 21.6 Å². The summed E-state index contributed by atoms with van der Waals surface area (Å²) in [6, 6.07) is 1.71. The summed E-state index contributed by atoms with van der Waals surface area (Å²) >= 11 is 5.46. The Morgan fingerprint density at radius 2 is 2.07 bits per heavy atom. The van der Waals surface area contributed by atoms with E-state index < -0.39 is 27.3 Å². The van der Waals surface area contributed by atoms with E-state index >= 15 is 0 Å². The van der Waals surface area contributed by atoms with Crippen LogP contribution in [0.3, 0.4) is 0 Å². The molecule has 0 aromatic heterocycles. The first-order valence-electron chi connectivity index (χ1n) is 3.48. The number of aliphatic hydroxyl groups excluding tert-OH is 1. The number of hydrogen-bond donors (Lipinski definition) is 2. The maximum absolute atomic E-state index is 12.9. The second-order valence-corrected chi connectivity index (χ2v) is 4.51. The molecule has 4 nitrogen and oxygen atoms in total. The topological polar surface area (TPSA) is 80.4 Å². The number of halogens is 2. The van der Waals surface area contributed by atoms with Crippen LogP contribution in [0.15, 0.2) is 17.0 Å². The molecule has 7 heteroatoms. The minimum absolute atomic E-state index is 0.168. The van der Waals surface area contributed by atoms with Crippen LogP contribution >= 0.6 is 11.6 Å². The van der Waals surface area contributed by atoms with E-state index in [2.05, 4.69) is 0 Å². The maximum Gasteiger partial charge on any atom is 0.239 e. The zero-order chi connectivity index (χ0) is 10.9. The highest BCUT2D eigenvalue weighted by molar-refractivity contribution is 7.89. The molecular formula is C7H7ClFNO3S. The summed E-state index contributed by atoms with van der Waals surface area (Å²) in [6.45, 7) is -0.620. The van der Waals surface area contributed by atoms with Crippen molar-refractivity contribution in [2.45, 2.75) is 11.5 Å². The van der Waals surface area contributed by atoms with Gasteiger partial charge in [-0.1, -0.05) is 11.6 Å². The Bertz CT molecular complexity index is 460. The molecule has 1 aromatic carbocycles. The van der Waals surface area contributed by atoms with Crippen molar-refractivity contribution in [2.24, 2.45) is 5.14 Å². The Balaban J connectivity index is 3.47. The van der Waals surface area contributed by atoms with E-state index in [1.54, 1.807) is 0 Å². The molecule has 0 saturated carbocycles. The molecule has 3 N–H and O–H groups in total. The molecule has 0 heterocycles. The fourth-order valence-electron chi connectivity index (χ4n) is 0.910. The highest BCUT2D eigenvalue weighted by Crippen LogP contribution is 2.23. The molecule has 0 radical (unpaired) electrons. The molecule has 0 aliphatic rings. The van der Waals surface area contributed by atoms with Gasteiger partial charge in [0.1, 0.15) is 10.7 Å². The number of aliphatic hydroxyl groups is 1. The number of hydrogen-bond acceptors (Lipinski definition) is 3. The van der Waals surface area contributed by atoms with Gasteiger partial charge in [0.25, 0.3) is 0 Å². The van der Waals surface area contributed by atoms with E-state index in [9.17, 15) is 12.8 Å². The maximum atomic E-state index is 12.9. The molecule has 1 rings (SSSR count). The Hall–Kier alpha value is -0.690. The van der Waals surface area contributed by atoms with Crippen LogP contribution in [0, 0.1) is 5.82 Å². The molecule has 78 valence electrons. The fraction of sp³-hybridized carbons (Fsp3) is 0.143. The molecule has 0 bridgehead atoms. The summed E-state index contributed by atoms with van der Waals surface area (Å²) in [7, 11) is -3.99. The zero-order valence-electron chi connectivity index (χ0n) is 6.87. The van der Waals surface area contributed by atoms with Gasteiger partial charge in [-0.3, -0.25) is 0 Å². The van der Waals surface area contributed by atoms with Crippen molar-refractivity contribution in [3.63, 3.8) is 0 Å². The van der Waals surface area contributed by atoms with Gasteiger partial charge in [0.15, 0.2) is 0 Å². The third-order valence-corrected chi connectivity index (χ3v) is 2.95. The zero-order valence-corrected chi connectivity index (χ0v) is 8.44. The van der Waals surface area contributed by atoms with Crippen molar-refractivity contribution in [3.05, 3.63) is 28.5 Å². The standard InChI is InChI=1S/C7H7ClFNO3S/c8-5-2-6(9)4(3-11)1-7(5)14(10,12)13/h1-2,11H,3H2,(H2,10,12,13). The average Bonchev–Trinajstić information content (AvgIpc) is 2.02. The smallest absolute Gasteiger partial charge is 0.239 e. The highest BCUT2D eigenvalue weighted by Gasteiger charge is 2.16. The lowest BCUT2D eigenvalue weighted by atomic mass is 10.2. The van der Waals surface area contributed by atoms with Gasteiger partial charge in [-0.25, -0.2) is 17.9 Å². The van der Waals surface area contributed by atoms with Crippen LogP contribution in [0.4, 0.5) is 4.39 Å². The molecule has 1 aromatic rings. The van der Waals surface area contributed by atoms with Gasteiger partial charge >= 0.3 is 0 Å². The minimum atomic E-state index is -3.99. The number of benzene rings is 1. The van der Waals surface area contributed by atoms with Gasteiger partial charge in [-0.15, -0.1) is 0 Å². The summed E-state index contributed by atoms with van der Waals surface area (Å²) < 4.78 is 34.8. The summed E-state index contributed by atoms with van der Waals surface area (Å²) in [4.78, 5) is -0.399. The normalized spacial score (nSPS) is 11.7. The summed E-state index contributed by atoms with van der Waals surface area (Å²) in [6.07, 6.45) is 0.